The standard InChI is InChI=1S/C17H23NO2/c1-4-7-11-10-12(8-5-2)15-14(13(11)9-6-3)16(19)17(20)18-15/h10H,4-9H2,1-3H3,(H,18,19,20). The highest BCUT2D eigenvalue weighted by molar-refractivity contribution is 6.52. The summed E-state index contributed by atoms with van der Waals surface area (Å²) in [6, 6.07) is 2.20. The van der Waals surface area contributed by atoms with Gasteiger partial charge in [0, 0.05) is 0 Å². The first-order valence-electron chi connectivity index (χ1n) is 7.67. The number of rotatable bonds is 6. The van der Waals surface area contributed by atoms with Gasteiger partial charge in [-0.25, -0.2) is 0 Å². The number of hydrogen-bond donors (Lipinski definition) is 1. The van der Waals surface area contributed by atoms with E-state index in [1.807, 2.05) is 0 Å². The maximum Gasteiger partial charge on any atom is 0.296 e. The molecule has 2 rings (SSSR count). The number of hydrogen-bond acceptors (Lipinski definition) is 2. The molecule has 0 saturated carbocycles. The van der Waals surface area contributed by atoms with Crippen molar-refractivity contribution in [3.8, 4) is 0 Å². The van der Waals surface area contributed by atoms with E-state index in [1.54, 1.807) is 0 Å². The summed E-state index contributed by atoms with van der Waals surface area (Å²) in [4.78, 5) is 23.9. The summed E-state index contributed by atoms with van der Waals surface area (Å²) in [5.74, 6) is -0.817. The molecule has 20 heavy (non-hydrogen) atoms. The molecule has 0 spiro atoms. The summed E-state index contributed by atoms with van der Waals surface area (Å²) in [5.41, 5.74) is 4.90. The number of benzene rings is 1. The second kappa shape index (κ2) is 6.21. The van der Waals surface area contributed by atoms with Gasteiger partial charge in [0.2, 0.25) is 0 Å². The fraction of sp³-hybridized carbons (Fsp3) is 0.529. The molecular formula is C17H23NO2. The van der Waals surface area contributed by atoms with Crippen LogP contribution >= 0.6 is 0 Å². The second-order valence-corrected chi connectivity index (χ2v) is 5.46. The topological polar surface area (TPSA) is 46.2 Å². The van der Waals surface area contributed by atoms with Crippen LogP contribution in [0.2, 0.25) is 0 Å². The van der Waals surface area contributed by atoms with Crippen molar-refractivity contribution in [3.05, 3.63) is 28.3 Å². The van der Waals surface area contributed by atoms with Gasteiger partial charge in [-0.3, -0.25) is 9.59 Å². The highest BCUT2D eigenvalue weighted by Gasteiger charge is 2.33. The van der Waals surface area contributed by atoms with Gasteiger partial charge in [0.25, 0.3) is 11.7 Å². The fourth-order valence-electron chi connectivity index (χ4n) is 3.01. The van der Waals surface area contributed by atoms with E-state index in [2.05, 4.69) is 32.2 Å². The van der Waals surface area contributed by atoms with Gasteiger partial charge >= 0.3 is 0 Å². The van der Waals surface area contributed by atoms with Gasteiger partial charge in [0.05, 0.1) is 11.3 Å². The molecule has 0 bridgehead atoms. The van der Waals surface area contributed by atoms with E-state index in [1.165, 1.54) is 5.56 Å². The van der Waals surface area contributed by atoms with Crippen LogP contribution in [0.1, 0.15) is 67.1 Å². The highest BCUT2D eigenvalue weighted by atomic mass is 16.2. The van der Waals surface area contributed by atoms with Gasteiger partial charge in [-0.1, -0.05) is 46.1 Å². The molecule has 1 heterocycles. The van der Waals surface area contributed by atoms with Crippen molar-refractivity contribution in [3.63, 3.8) is 0 Å². The molecule has 3 heteroatoms. The summed E-state index contributed by atoms with van der Waals surface area (Å²) in [5, 5.41) is 2.78. The maximum atomic E-state index is 12.2. The molecule has 1 aromatic carbocycles. The first-order chi connectivity index (χ1) is 9.63. The molecular weight excluding hydrogens is 250 g/mol. The van der Waals surface area contributed by atoms with Crippen molar-refractivity contribution >= 4 is 17.4 Å². The molecule has 0 aromatic heterocycles. The van der Waals surface area contributed by atoms with Crippen molar-refractivity contribution in [1.29, 1.82) is 0 Å². The third-order valence-corrected chi connectivity index (χ3v) is 3.82. The van der Waals surface area contributed by atoms with Crippen LogP contribution in [0.3, 0.4) is 0 Å². The molecule has 0 radical (unpaired) electrons. The van der Waals surface area contributed by atoms with Crippen LogP contribution in [0.25, 0.3) is 0 Å². The van der Waals surface area contributed by atoms with Crippen LogP contribution in [0.5, 0.6) is 0 Å². The zero-order chi connectivity index (χ0) is 14.7. The van der Waals surface area contributed by atoms with E-state index in [-0.39, 0.29) is 5.78 Å². The Morgan fingerprint density at radius 3 is 2.10 bits per heavy atom. The van der Waals surface area contributed by atoms with Crippen molar-refractivity contribution in [2.75, 3.05) is 5.32 Å². The van der Waals surface area contributed by atoms with Crippen LogP contribution in [-0.2, 0) is 24.1 Å². The molecule has 3 nitrogen and oxygen atoms in total. The molecule has 1 amide bonds. The van der Waals surface area contributed by atoms with Gasteiger partial charge < -0.3 is 5.32 Å². The molecule has 1 aliphatic heterocycles. The Labute approximate surface area is 120 Å². The summed E-state index contributed by atoms with van der Waals surface area (Å²) in [6.45, 7) is 6.37. The van der Waals surface area contributed by atoms with Gasteiger partial charge in [-0.2, -0.15) is 0 Å². The first-order valence-corrected chi connectivity index (χ1v) is 7.67. The van der Waals surface area contributed by atoms with E-state index < -0.39 is 5.91 Å². The lowest BCUT2D eigenvalue weighted by molar-refractivity contribution is -0.112. The smallest absolute Gasteiger partial charge is 0.296 e. The average molecular weight is 273 g/mol. The largest absolute Gasteiger partial charge is 0.318 e. The van der Waals surface area contributed by atoms with Crippen molar-refractivity contribution in [2.24, 2.45) is 0 Å². The lowest BCUT2D eigenvalue weighted by Gasteiger charge is -2.16. The summed E-state index contributed by atoms with van der Waals surface area (Å²) < 4.78 is 0. The molecule has 0 aliphatic carbocycles. The number of Topliss-reactive ketones (excluding diaryl/α,β-unsaturated/α-hetero) is 1. The van der Waals surface area contributed by atoms with E-state index in [0.29, 0.717) is 5.56 Å². The number of ketones is 1. The van der Waals surface area contributed by atoms with Gasteiger partial charge in [0.1, 0.15) is 0 Å². The predicted molar refractivity (Wildman–Crippen MR) is 81.4 cm³/mol. The van der Waals surface area contributed by atoms with E-state index in [4.69, 9.17) is 0 Å². The number of carbonyl (C=O) groups is 2. The monoisotopic (exact) mass is 273 g/mol. The Balaban J connectivity index is 2.64. The Hall–Kier alpha value is -1.64. The van der Waals surface area contributed by atoms with Crippen molar-refractivity contribution in [2.45, 2.75) is 59.3 Å². The second-order valence-electron chi connectivity index (χ2n) is 5.46. The lowest BCUT2D eigenvalue weighted by Crippen LogP contribution is -2.13. The van der Waals surface area contributed by atoms with E-state index >= 15 is 0 Å². The Bertz CT molecular complexity index is 546. The number of aryl methyl sites for hydroxylation is 2. The molecule has 0 atom stereocenters. The zero-order valence-electron chi connectivity index (χ0n) is 12.6. The summed E-state index contributed by atoms with van der Waals surface area (Å²) in [6.07, 6.45) is 5.79. The normalized spacial score (nSPS) is 13.6. The average Bonchev–Trinajstić information content (AvgIpc) is 2.71. The van der Waals surface area contributed by atoms with E-state index in [9.17, 15) is 9.59 Å². The molecule has 1 aromatic rings. The number of nitrogens with one attached hydrogen (secondary N) is 1. The SMILES string of the molecule is CCCc1cc(CCC)c2c(c1CCC)C(=O)C(=O)N2. The molecule has 1 N–H and O–H groups in total. The summed E-state index contributed by atoms with van der Waals surface area (Å²) in [7, 11) is 0. The van der Waals surface area contributed by atoms with Crippen LogP contribution in [0.4, 0.5) is 5.69 Å². The molecule has 0 saturated heterocycles. The van der Waals surface area contributed by atoms with Crippen LogP contribution in [-0.4, -0.2) is 11.7 Å². The fourth-order valence-corrected chi connectivity index (χ4v) is 3.01. The van der Waals surface area contributed by atoms with Crippen molar-refractivity contribution in [1.82, 2.24) is 0 Å². The zero-order valence-corrected chi connectivity index (χ0v) is 12.6. The van der Waals surface area contributed by atoms with Crippen LogP contribution in [0.15, 0.2) is 6.07 Å². The molecule has 108 valence electrons. The van der Waals surface area contributed by atoms with E-state index in [0.717, 1.165) is 55.3 Å². The quantitative estimate of drug-likeness (QED) is 0.804. The number of amides is 1. The third kappa shape index (κ3) is 2.49. The number of anilines is 1. The summed E-state index contributed by atoms with van der Waals surface area (Å²) >= 11 is 0. The van der Waals surface area contributed by atoms with Gasteiger partial charge in [0.15, 0.2) is 0 Å². The van der Waals surface area contributed by atoms with Crippen molar-refractivity contribution < 1.29 is 9.59 Å². The third-order valence-electron chi connectivity index (χ3n) is 3.82. The molecule has 1 aliphatic rings. The first kappa shape index (κ1) is 14.8. The minimum absolute atomic E-state index is 0.348. The minimum atomic E-state index is -0.469. The van der Waals surface area contributed by atoms with Crippen LogP contribution < -0.4 is 5.32 Å². The van der Waals surface area contributed by atoms with Gasteiger partial charge in [-0.15, -0.1) is 0 Å². The minimum Gasteiger partial charge on any atom is -0.318 e. The molecule has 0 fully saturated rings. The lowest BCUT2D eigenvalue weighted by atomic mass is 9.89. The Morgan fingerprint density at radius 1 is 0.900 bits per heavy atom. The molecule has 0 unspecified atom stereocenters. The Kier molecular flexibility index (Phi) is 4.58. The van der Waals surface area contributed by atoms with Gasteiger partial charge in [-0.05, 0) is 36.0 Å². The maximum absolute atomic E-state index is 12.2. The Morgan fingerprint density at radius 2 is 1.50 bits per heavy atom. The van der Waals surface area contributed by atoms with Crippen LogP contribution in [0, 0.1) is 0 Å². The highest BCUT2D eigenvalue weighted by Crippen LogP contribution is 2.35. The number of carbonyl (C=O) groups excluding carboxylic acids is 2. The number of fused-ring (bicyclic) bond motifs is 1. The predicted octanol–water partition coefficient (Wildman–Crippen LogP) is 3.68.